The molecule has 7 heteroatoms. The van der Waals surface area contributed by atoms with Crippen LogP contribution in [-0.2, 0) is 6.42 Å². The van der Waals surface area contributed by atoms with Gasteiger partial charge >= 0.3 is 0 Å². The van der Waals surface area contributed by atoms with Crippen molar-refractivity contribution >= 4 is 11.6 Å². The predicted molar refractivity (Wildman–Crippen MR) is 96.6 cm³/mol. The van der Waals surface area contributed by atoms with E-state index in [4.69, 9.17) is 0 Å². The average molecular weight is 331 g/mol. The molecule has 1 fully saturated rings. The molecule has 0 aliphatic carbocycles. The first-order valence-corrected chi connectivity index (χ1v) is 8.99. The smallest absolute Gasteiger partial charge is 0.254 e. The summed E-state index contributed by atoms with van der Waals surface area (Å²) in [5, 5.41) is 4.39. The van der Waals surface area contributed by atoms with Crippen LogP contribution in [0, 0.1) is 0 Å². The molecule has 0 unspecified atom stereocenters. The predicted octanol–water partition coefficient (Wildman–Crippen LogP) is 1.15. The number of fused-ring (bicyclic) bond motifs is 1. The molecule has 3 rings (SSSR count). The Kier molecular flexibility index (Phi) is 5.63. The molecule has 0 atom stereocenters. The molecule has 0 spiro atoms. The van der Waals surface area contributed by atoms with Gasteiger partial charge in [-0.3, -0.25) is 0 Å². The maximum absolute atomic E-state index is 4.61. The lowest BCUT2D eigenvalue weighted by Gasteiger charge is -2.24. The van der Waals surface area contributed by atoms with Crippen LogP contribution in [0.3, 0.4) is 0 Å². The summed E-state index contributed by atoms with van der Waals surface area (Å²) in [6.07, 6.45) is 4.85. The zero-order chi connectivity index (χ0) is 16.9. The zero-order valence-electron chi connectivity index (χ0n) is 15.1. The van der Waals surface area contributed by atoms with Crippen LogP contribution < -0.4 is 4.90 Å². The third-order valence-corrected chi connectivity index (χ3v) is 4.57. The van der Waals surface area contributed by atoms with Crippen molar-refractivity contribution in [3.8, 4) is 0 Å². The summed E-state index contributed by atoms with van der Waals surface area (Å²) in [5.41, 5.74) is 1.11. The van der Waals surface area contributed by atoms with Crippen LogP contribution in [0.25, 0.3) is 5.78 Å². The van der Waals surface area contributed by atoms with Gasteiger partial charge in [0, 0.05) is 44.5 Å². The minimum absolute atomic E-state index is 0.713. The lowest BCUT2D eigenvalue weighted by molar-refractivity contribution is 0.254. The third-order valence-electron chi connectivity index (χ3n) is 4.57. The van der Waals surface area contributed by atoms with Gasteiger partial charge in [0.05, 0.1) is 0 Å². The number of nitrogens with zero attached hydrogens (tertiary/aromatic N) is 7. The van der Waals surface area contributed by atoms with Gasteiger partial charge in [-0.25, -0.2) is 4.98 Å². The molecule has 1 saturated heterocycles. The molecule has 0 amide bonds. The molecular formula is C17H29N7. The maximum atomic E-state index is 4.61. The summed E-state index contributed by atoms with van der Waals surface area (Å²) in [7, 11) is 4.27. The van der Waals surface area contributed by atoms with Crippen molar-refractivity contribution in [1.82, 2.24) is 29.4 Å². The summed E-state index contributed by atoms with van der Waals surface area (Å²) >= 11 is 0. The highest BCUT2D eigenvalue weighted by atomic mass is 15.4. The fourth-order valence-corrected chi connectivity index (χ4v) is 3.22. The van der Waals surface area contributed by atoms with Crippen molar-refractivity contribution in [3.63, 3.8) is 0 Å². The van der Waals surface area contributed by atoms with E-state index in [-0.39, 0.29) is 0 Å². The van der Waals surface area contributed by atoms with Crippen LogP contribution >= 0.6 is 0 Å². The molecule has 1 aliphatic rings. The van der Waals surface area contributed by atoms with E-state index in [0.29, 0.717) is 5.78 Å². The normalized spacial score (nSPS) is 16.9. The van der Waals surface area contributed by atoms with Crippen molar-refractivity contribution in [2.24, 2.45) is 0 Å². The van der Waals surface area contributed by atoms with Crippen molar-refractivity contribution in [1.29, 1.82) is 0 Å². The Morgan fingerprint density at radius 2 is 2.04 bits per heavy atom. The van der Waals surface area contributed by atoms with Crippen LogP contribution in [0.4, 0.5) is 5.82 Å². The van der Waals surface area contributed by atoms with Gasteiger partial charge in [0.1, 0.15) is 12.1 Å². The molecule has 0 N–H and O–H groups in total. The largest absolute Gasteiger partial charge is 0.355 e. The molecule has 2 aromatic rings. The number of aryl methyl sites for hydroxylation is 1. The Morgan fingerprint density at radius 3 is 2.83 bits per heavy atom. The molecule has 3 heterocycles. The second-order valence-electron chi connectivity index (χ2n) is 6.81. The fourth-order valence-electron chi connectivity index (χ4n) is 3.22. The number of hydrogen-bond acceptors (Lipinski definition) is 6. The molecular weight excluding hydrogens is 302 g/mol. The van der Waals surface area contributed by atoms with Crippen molar-refractivity contribution in [3.05, 3.63) is 18.1 Å². The second-order valence-corrected chi connectivity index (χ2v) is 6.81. The second kappa shape index (κ2) is 7.90. The number of anilines is 1. The fraction of sp³-hybridized carbons (Fsp3) is 0.706. The minimum Gasteiger partial charge on any atom is -0.355 e. The van der Waals surface area contributed by atoms with Crippen LogP contribution in [0.15, 0.2) is 12.4 Å². The van der Waals surface area contributed by atoms with E-state index >= 15 is 0 Å². The van der Waals surface area contributed by atoms with Crippen LogP contribution in [0.2, 0.25) is 0 Å². The summed E-state index contributed by atoms with van der Waals surface area (Å²) in [6, 6.07) is 2.20. The molecule has 0 bridgehead atoms. The summed E-state index contributed by atoms with van der Waals surface area (Å²) in [5.74, 6) is 1.85. The highest BCUT2D eigenvalue weighted by Gasteiger charge is 2.19. The Hall–Kier alpha value is -1.73. The highest BCUT2D eigenvalue weighted by Crippen LogP contribution is 2.19. The summed E-state index contributed by atoms with van der Waals surface area (Å²) in [6.45, 7) is 8.78. The average Bonchev–Trinajstić information content (AvgIpc) is 2.90. The molecule has 132 valence electrons. The van der Waals surface area contributed by atoms with Gasteiger partial charge in [-0.1, -0.05) is 13.3 Å². The standard InChI is InChI=1S/C17H29N7/c1-4-6-15-13-16(24-17(20-15)18-14-19-24)23-8-5-7-22(11-12-23)10-9-21(2)3/h13-14H,4-12H2,1-3H3. The molecule has 2 aromatic heterocycles. The Morgan fingerprint density at radius 1 is 1.17 bits per heavy atom. The molecule has 0 radical (unpaired) electrons. The summed E-state index contributed by atoms with van der Waals surface area (Å²) in [4.78, 5) is 16.2. The molecule has 0 saturated carbocycles. The Labute approximate surface area is 144 Å². The highest BCUT2D eigenvalue weighted by molar-refractivity contribution is 5.47. The van der Waals surface area contributed by atoms with Gasteiger partial charge in [-0.05, 0) is 33.5 Å². The lowest BCUT2D eigenvalue weighted by Crippen LogP contribution is -2.35. The SMILES string of the molecule is CCCc1cc(N2CCCN(CCN(C)C)CC2)n2ncnc2n1. The van der Waals surface area contributed by atoms with Crippen molar-refractivity contribution in [2.45, 2.75) is 26.2 Å². The summed E-state index contributed by atoms with van der Waals surface area (Å²) < 4.78 is 1.88. The van der Waals surface area contributed by atoms with Crippen LogP contribution in [0.1, 0.15) is 25.5 Å². The van der Waals surface area contributed by atoms with E-state index in [0.717, 1.165) is 63.6 Å². The first-order chi connectivity index (χ1) is 11.7. The van der Waals surface area contributed by atoms with Crippen molar-refractivity contribution in [2.75, 3.05) is 58.3 Å². The number of hydrogen-bond donors (Lipinski definition) is 0. The number of likely N-dealkylation sites (N-methyl/N-ethyl adjacent to an activating group) is 1. The quantitative estimate of drug-likeness (QED) is 0.791. The van der Waals surface area contributed by atoms with Crippen molar-refractivity contribution < 1.29 is 0 Å². The van der Waals surface area contributed by atoms with Crippen LogP contribution in [0.5, 0.6) is 0 Å². The van der Waals surface area contributed by atoms with E-state index in [1.54, 1.807) is 6.33 Å². The minimum atomic E-state index is 0.713. The van der Waals surface area contributed by atoms with E-state index < -0.39 is 0 Å². The van der Waals surface area contributed by atoms with Gasteiger partial charge in [-0.15, -0.1) is 0 Å². The molecule has 7 nitrogen and oxygen atoms in total. The van der Waals surface area contributed by atoms with Crippen LogP contribution in [-0.4, -0.2) is 82.7 Å². The first kappa shape index (κ1) is 17.1. The van der Waals surface area contributed by atoms with Gasteiger partial charge in [0.2, 0.25) is 0 Å². The van der Waals surface area contributed by atoms with Gasteiger partial charge in [0.25, 0.3) is 5.78 Å². The monoisotopic (exact) mass is 331 g/mol. The zero-order valence-corrected chi connectivity index (χ0v) is 15.1. The molecule has 24 heavy (non-hydrogen) atoms. The number of aromatic nitrogens is 4. The number of rotatable bonds is 6. The van der Waals surface area contributed by atoms with Gasteiger partial charge in [-0.2, -0.15) is 14.6 Å². The molecule has 1 aliphatic heterocycles. The molecule has 0 aromatic carbocycles. The third kappa shape index (κ3) is 4.02. The topological polar surface area (TPSA) is 52.8 Å². The Bertz CT molecular complexity index is 651. The van der Waals surface area contributed by atoms with E-state index in [1.807, 2.05) is 4.52 Å². The Balaban J connectivity index is 1.76. The first-order valence-electron chi connectivity index (χ1n) is 8.99. The van der Waals surface area contributed by atoms with E-state index in [2.05, 4.69) is 56.9 Å². The van der Waals surface area contributed by atoms with Gasteiger partial charge < -0.3 is 14.7 Å². The van der Waals surface area contributed by atoms with Gasteiger partial charge in [0.15, 0.2) is 0 Å². The van der Waals surface area contributed by atoms with E-state index in [1.165, 1.54) is 6.42 Å². The van der Waals surface area contributed by atoms with E-state index in [9.17, 15) is 0 Å². The lowest BCUT2D eigenvalue weighted by atomic mass is 10.2. The maximum Gasteiger partial charge on any atom is 0.254 e.